The Hall–Kier alpha value is 0.600. The Morgan fingerprint density at radius 2 is 2.31 bits per heavy atom. The second-order valence-electron chi connectivity index (χ2n) is 3.83. The van der Waals surface area contributed by atoms with Gasteiger partial charge in [-0.15, -0.1) is 11.6 Å². The summed E-state index contributed by atoms with van der Waals surface area (Å²) in [4.78, 5) is 0. The first-order valence-corrected chi connectivity index (χ1v) is 6.99. The zero-order valence-electron chi connectivity index (χ0n) is 8.39. The highest BCUT2D eigenvalue weighted by Crippen LogP contribution is 2.28. The highest BCUT2D eigenvalue weighted by Gasteiger charge is 2.21. The topological polar surface area (TPSA) is 12.0 Å². The molecule has 0 aliphatic heterocycles. The second kappa shape index (κ2) is 6.97. The van der Waals surface area contributed by atoms with Crippen LogP contribution in [0.2, 0.25) is 0 Å². The van der Waals surface area contributed by atoms with Crippen LogP contribution in [-0.2, 0) is 0 Å². The summed E-state index contributed by atoms with van der Waals surface area (Å²) in [6.45, 7) is 2.35. The Bertz CT molecular complexity index is 132. The molecule has 0 amide bonds. The zero-order valence-corrected chi connectivity index (χ0v) is 9.96. The lowest BCUT2D eigenvalue weighted by molar-refractivity contribution is 0.491. The third kappa shape index (κ3) is 5.14. The summed E-state index contributed by atoms with van der Waals surface area (Å²) in [6, 6.07) is 0. The number of halogens is 1. The van der Waals surface area contributed by atoms with Gasteiger partial charge in [0.15, 0.2) is 0 Å². The Morgan fingerprint density at radius 3 is 2.92 bits per heavy atom. The van der Waals surface area contributed by atoms with E-state index in [0.29, 0.717) is 5.38 Å². The number of hydrogen-bond donors (Lipinski definition) is 1. The van der Waals surface area contributed by atoms with Crippen molar-refractivity contribution in [2.75, 3.05) is 25.1 Å². The van der Waals surface area contributed by atoms with Gasteiger partial charge in [0.2, 0.25) is 0 Å². The number of alkyl halides is 1. The van der Waals surface area contributed by atoms with Gasteiger partial charge in [-0.25, -0.2) is 0 Å². The normalized spacial score (nSPS) is 28.2. The van der Waals surface area contributed by atoms with E-state index in [0.717, 1.165) is 5.92 Å². The monoisotopic (exact) mass is 221 g/mol. The lowest BCUT2D eigenvalue weighted by Crippen LogP contribution is -2.22. The Morgan fingerprint density at radius 1 is 1.46 bits per heavy atom. The third-order valence-electron chi connectivity index (χ3n) is 2.61. The molecule has 3 heteroatoms. The summed E-state index contributed by atoms with van der Waals surface area (Å²) in [6.07, 6.45) is 7.22. The van der Waals surface area contributed by atoms with Crippen LogP contribution < -0.4 is 5.32 Å². The molecule has 0 heterocycles. The molecule has 78 valence electrons. The van der Waals surface area contributed by atoms with Crippen LogP contribution in [-0.4, -0.2) is 30.5 Å². The largest absolute Gasteiger partial charge is 0.316 e. The fraction of sp³-hybridized carbons (Fsp3) is 1.00. The predicted molar refractivity (Wildman–Crippen MR) is 62.9 cm³/mol. The van der Waals surface area contributed by atoms with Crippen LogP contribution in [0.1, 0.15) is 25.7 Å². The maximum absolute atomic E-state index is 6.04. The summed E-state index contributed by atoms with van der Waals surface area (Å²) in [5, 5.41) is 3.97. The molecule has 0 saturated heterocycles. The van der Waals surface area contributed by atoms with Gasteiger partial charge < -0.3 is 5.32 Å². The van der Waals surface area contributed by atoms with Gasteiger partial charge in [-0.3, -0.25) is 0 Å². The first-order valence-electron chi connectivity index (χ1n) is 5.16. The lowest BCUT2D eigenvalue weighted by atomic mass is 10.1. The maximum Gasteiger partial charge on any atom is 0.0339 e. The molecule has 0 radical (unpaired) electrons. The van der Waals surface area contributed by atoms with Gasteiger partial charge in [0.1, 0.15) is 0 Å². The Balaban J connectivity index is 1.88. The first-order chi connectivity index (χ1) is 6.33. The van der Waals surface area contributed by atoms with Gasteiger partial charge >= 0.3 is 0 Å². The molecule has 2 atom stereocenters. The van der Waals surface area contributed by atoms with Crippen molar-refractivity contribution < 1.29 is 0 Å². The minimum atomic E-state index is 0.456. The van der Waals surface area contributed by atoms with E-state index in [4.69, 9.17) is 11.6 Å². The van der Waals surface area contributed by atoms with E-state index in [-0.39, 0.29) is 0 Å². The van der Waals surface area contributed by atoms with Gasteiger partial charge in [-0.2, -0.15) is 11.8 Å². The summed E-state index contributed by atoms with van der Waals surface area (Å²) in [5.74, 6) is 2.12. The van der Waals surface area contributed by atoms with Crippen molar-refractivity contribution in [1.82, 2.24) is 5.32 Å². The molecular weight excluding hydrogens is 202 g/mol. The molecule has 0 aromatic carbocycles. The van der Waals surface area contributed by atoms with Crippen LogP contribution >= 0.6 is 23.4 Å². The molecule has 0 aromatic rings. The molecule has 1 saturated carbocycles. The predicted octanol–water partition coefficient (Wildman–Crippen LogP) is 2.74. The van der Waals surface area contributed by atoms with Gasteiger partial charge in [-0.05, 0) is 56.7 Å². The van der Waals surface area contributed by atoms with Crippen molar-refractivity contribution >= 4 is 23.4 Å². The second-order valence-corrected chi connectivity index (χ2v) is 5.43. The summed E-state index contributed by atoms with van der Waals surface area (Å²) in [5.41, 5.74) is 0. The van der Waals surface area contributed by atoms with E-state index in [2.05, 4.69) is 11.6 Å². The highest BCUT2D eigenvalue weighted by atomic mass is 35.5. The standard InChI is InChI=1S/C10H20ClNS/c1-13-6-2-5-12-8-9-3-4-10(11)7-9/h9-10,12H,2-8H2,1H3. The molecule has 1 aliphatic rings. The van der Waals surface area contributed by atoms with Crippen LogP contribution in [0.15, 0.2) is 0 Å². The molecule has 0 bridgehead atoms. The lowest BCUT2D eigenvalue weighted by Gasteiger charge is -2.09. The van der Waals surface area contributed by atoms with Crippen molar-refractivity contribution in [3.8, 4) is 0 Å². The van der Waals surface area contributed by atoms with E-state index in [9.17, 15) is 0 Å². The zero-order chi connectivity index (χ0) is 9.52. The fourth-order valence-electron chi connectivity index (χ4n) is 1.85. The molecule has 1 N–H and O–H groups in total. The van der Waals surface area contributed by atoms with Gasteiger partial charge in [0.05, 0.1) is 0 Å². The summed E-state index contributed by atoms with van der Waals surface area (Å²) < 4.78 is 0. The fourth-order valence-corrected chi connectivity index (χ4v) is 2.66. The molecule has 0 spiro atoms. The molecule has 1 rings (SSSR count). The van der Waals surface area contributed by atoms with Gasteiger partial charge in [-0.1, -0.05) is 0 Å². The number of nitrogens with one attached hydrogen (secondary N) is 1. The molecular formula is C10H20ClNS. The Kier molecular flexibility index (Phi) is 6.26. The van der Waals surface area contributed by atoms with Crippen LogP contribution in [0.5, 0.6) is 0 Å². The third-order valence-corrected chi connectivity index (χ3v) is 3.71. The molecule has 0 aromatic heterocycles. The minimum absolute atomic E-state index is 0.456. The minimum Gasteiger partial charge on any atom is -0.316 e. The number of rotatable bonds is 6. The molecule has 2 unspecified atom stereocenters. The molecule has 1 fully saturated rings. The van der Waals surface area contributed by atoms with E-state index in [1.54, 1.807) is 0 Å². The van der Waals surface area contributed by atoms with E-state index in [1.807, 2.05) is 11.8 Å². The van der Waals surface area contributed by atoms with Crippen LogP contribution in [0.25, 0.3) is 0 Å². The van der Waals surface area contributed by atoms with E-state index in [1.165, 1.54) is 44.5 Å². The average molecular weight is 222 g/mol. The molecule has 13 heavy (non-hydrogen) atoms. The number of hydrogen-bond acceptors (Lipinski definition) is 2. The van der Waals surface area contributed by atoms with Crippen LogP contribution in [0, 0.1) is 5.92 Å². The smallest absolute Gasteiger partial charge is 0.0339 e. The van der Waals surface area contributed by atoms with Gasteiger partial charge in [0.25, 0.3) is 0 Å². The summed E-state index contributed by atoms with van der Waals surface area (Å²) >= 11 is 7.96. The van der Waals surface area contributed by atoms with Crippen molar-refractivity contribution in [3.63, 3.8) is 0 Å². The van der Waals surface area contributed by atoms with Crippen LogP contribution in [0.3, 0.4) is 0 Å². The SMILES string of the molecule is CSCCCNCC1CCC(Cl)C1. The Labute approximate surface area is 91.0 Å². The van der Waals surface area contributed by atoms with Crippen molar-refractivity contribution in [1.29, 1.82) is 0 Å². The van der Waals surface area contributed by atoms with Crippen molar-refractivity contribution in [2.45, 2.75) is 31.1 Å². The highest BCUT2D eigenvalue weighted by molar-refractivity contribution is 7.98. The summed E-state index contributed by atoms with van der Waals surface area (Å²) in [7, 11) is 0. The van der Waals surface area contributed by atoms with Gasteiger partial charge in [0, 0.05) is 5.38 Å². The maximum atomic E-state index is 6.04. The average Bonchev–Trinajstić information content (AvgIpc) is 2.51. The molecule has 1 nitrogen and oxygen atoms in total. The van der Waals surface area contributed by atoms with E-state index >= 15 is 0 Å². The van der Waals surface area contributed by atoms with Crippen LogP contribution in [0.4, 0.5) is 0 Å². The van der Waals surface area contributed by atoms with Crippen molar-refractivity contribution in [3.05, 3.63) is 0 Å². The molecule has 1 aliphatic carbocycles. The first kappa shape index (κ1) is 11.7. The van der Waals surface area contributed by atoms with Crippen molar-refractivity contribution in [2.24, 2.45) is 5.92 Å². The van der Waals surface area contributed by atoms with E-state index < -0.39 is 0 Å². The number of thioether (sulfide) groups is 1. The quantitative estimate of drug-likeness (QED) is 0.547.